The Morgan fingerprint density at radius 1 is 1.30 bits per heavy atom. The van der Waals surface area contributed by atoms with E-state index in [1.54, 1.807) is 0 Å². The van der Waals surface area contributed by atoms with Crippen molar-refractivity contribution in [1.29, 1.82) is 0 Å². The summed E-state index contributed by atoms with van der Waals surface area (Å²) in [7, 11) is -0.679. The maximum absolute atomic E-state index is 5.49. The normalized spacial score (nSPS) is 9.30. The molecule has 1 rings (SSSR count). The third kappa shape index (κ3) is 1.62. The minimum absolute atomic E-state index is 0.679. The summed E-state index contributed by atoms with van der Waals surface area (Å²) in [5.74, 6) is 0. The van der Waals surface area contributed by atoms with Gasteiger partial charge in [0, 0.05) is 6.17 Å². The van der Waals surface area contributed by atoms with Crippen LogP contribution in [0.2, 0.25) is 0 Å². The lowest BCUT2D eigenvalue weighted by atomic mass is 10.4. The Labute approximate surface area is 62.7 Å². The van der Waals surface area contributed by atoms with Crippen LogP contribution in [-0.2, 0) is 0 Å². The zero-order valence-electron chi connectivity index (χ0n) is 5.88. The van der Waals surface area contributed by atoms with Crippen LogP contribution in [-0.4, -0.2) is 20.8 Å². The molecule has 0 aliphatic rings. The molecule has 0 atom stereocenters. The number of nitrogens with two attached hydrogens (primary N) is 1. The van der Waals surface area contributed by atoms with E-state index in [9.17, 15) is 0 Å². The Balaban J connectivity index is 2.85. The number of rotatable bonds is 2. The molecule has 0 aromatic heterocycles. The van der Waals surface area contributed by atoms with Crippen molar-refractivity contribution in [2.24, 2.45) is 5.73 Å². The van der Waals surface area contributed by atoms with Gasteiger partial charge in [-0.25, -0.2) is 0 Å². The molecule has 52 valence electrons. The van der Waals surface area contributed by atoms with Crippen LogP contribution in [0.3, 0.4) is 0 Å². The van der Waals surface area contributed by atoms with Gasteiger partial charge in [0.15, 0.2) is 0 Å². The molecular weight excluding hydrogens is 138 g/mol. The summed E-state index contributed by atoms with van der Waals surface area (Å²) < 4.78 is 0. The molecule has 0 saturated heterocycles. The molecule has 2 heteroatoms. The SMILES string of the molecule is C=[Si](CN)c1ccccc1. The first-order valence-corrected chi connectivity index (χ1v) is 5.19. The predicted molar refractivity (Wildman–Crippen MR) is 48.0 cm³/mol. The van der Waals surface area contributed by atoms with E-state index in [1.807, 2.05) is 18.2 Å². The minimum atomic E-state index is -0.679. The Morgan fingerprint density at radius 2 is 1.90 bits per heavy atom. The van der Waals surface area contributed by atoms with Crippen molar-refractivity contribution in [2.75, 3.05) is 6.17 Å². The van der Waals surface area contributed by atoms with Gasteiger partial charge in [-0.2, -0.15) is 0 Å². The zero-order valence-corrected chi connectivity index (χ0v) is 6.88. The molecule has 2 N–H and O–H groups in total. The van der Waals surface area contributed by atoms with Crippen LogP contribution in [0, 0.1) is 0 Å². The fraction of sp³-hybridized carbons (Fsp3) is 0.125. The summed E-state index contributed by atoms with van der Waals surface area (Å²) in [6.45, 7) is 0. The third-order valence-corrected chi connectivity index (χ3v) is 3.07. The number of hydrogen-bond donors (Lipinski definition) is 1. The lowest BCUT2D eigenvalue weighted by Crippen LogP contribution is -2.29. The van der Waals surface area contributed by atoms with Gasteiger partial charge in [0.2, 0.25) is 0 Å². The van der Waals surface area contributed by atoms with E-state index in [0.717, 1.165) is 0 Å². The Hall–Kier alpha value is -0.733. The molecular formula is C8H11NSi. The maximum atomic E-state index is 5.49. The van der Waals surface area contributed by atoms with E-state index in [0.29, 0.717) is 6.17 Å². The molecule has 0 spiro atoms. The van der Waals surface area contributed by atoms with Gasteiger partial charge in [-0.3, -0.25) is 0 Å². The molecule has 0 aliphatic heterocycles. The van der Waals surface area contributed by atoms with Crippen LogP contribution in [0.4, 0.5) is 0 Å². The van der Waals surface area contributed by atoms with Crippen molar-refractivity contribution < 1.29 is 0 Å². The van der Waals surface area contributed by atoms with E-state index < -0.39 is 8.41 Å². The predicted octanol–water partition coefficient (Wildman–Crippen LogP) is -0.100. The standard InChI is InChI=1S/C8H11NSi/c1-10(7-9)8-5-3-2-4-6-8/h2-6H,1,7,9H2. The molecule has 0 aliphatic carbocycles. The fourth-order valence-electron chi connectivity index (χ4n) is 0.792. The summed E-state index contributed by atoms with van der Waals surface area (Å²) in [4.78, 5) is 0. The van der Waals surface area contributed by atoms with E-state index in [4.69, 9.17) is 5.73 Å². The van der Waals surface area contributed by atoms with Gasteiger partial charge >= 0.3 is 0 Å². The molecule has 0 saturated carbocycles. The Kier molecular flexibility index (Phi) is 2.54. The molecule has 1 nitrogen and oxygen atoms in total. The average Bonchev–Trinajstić information content (AvgIpc) is 2.05. The molecule has 1 aromatic carbocycles. The van der Waals surface area contributed by atoms with Crippen LogP contribution in [0.15, 0.2) is 30.3 Å². The van der Waals surface area contributed by atoms with Crippen molar-refractivity contribution in [3.05, 3.63) is 30.3 Å². The summed E-state index contributed by atoms with van der Waals surface area (Å²) in [5, 5.41) is 1.31. The molecule has 0 bridgehead atoms. The second-order valence-electron chi connectivity index (χ2n) is 2.17. The molecule has 0 radical (unpaired) electrons. The summed E-state index contributed by atoms with van der Waals surface area (Å²) >= 11 is 0. The largest absolute Gasteiger partial charge is 0.330 e. The van der Waals surface area contributed by atoms with Gasteiger partial charge < -0.3 is 5.73 Å². The molecule has 0 heterocycles. The van der Waals surface area contributed by atoms with E-state index in [-0.39, 0.29) is 0 Å². The summed E-state index contributed by atoms with van der Waals surface area (Å²) in [6.07, 6.45) is 4.72. The number of hydrogen-bond acceptors (Lipinski definition) is 1. The van der Waals surface area contributed by atoms with Crippen molar-refractivity contribution in [3.8, 4) is 0 Å². The highest BCUT2D eigenvalue weighted by atomic mass is 28.2. The summed E-state index contributed by atoms with van der Waals surface area (Å²) in [6, 6.07) is 10.2. The van der Waals surface area contributed by atoms with Gasteiger partial charge in [0.1, 0.15) is 0 Å². The topological polar surface area (TPSA) is 26.0 Å². The van der Waals surface area contributed by atoms with Crippen LogP contribution in [0.25, 0.3) is 0 Å². The van der Waals surface area contributed by atoms with Crippen molar-refractivity contribution in [1.82, 2.24) is 0 Å². The van der Waals surface area contributed by atoms with Gasteiger partial charge in [0.05, 0.1) is 8.41 Å². The van der Waals surface area contributed by atoms with E-state index in [1.165, 1.54) is 5.19 Å². The minimum Gasteiger partial charge on any atom is -0.330 e. The average molecular weight is 149 g/mol. The fourth-order valence-corrected chi connectivity index (χ4v) is 1.69. The third-order valence-electron chi connectivity index (χ3n) is 1.43. The lowest BCUT2D eigenvalue weighted by Gasteiger charge is -1.98. The van der Waals surface area contributed by atoms with Crippen LogP contribution in [0.5, 0.6) is 0 Å². The maximum Gasteiger partial charge on any atom is 0.0528 e. The van der Waals surface area contributed by atoms with E-state index >= 15 is 0 Å². The lowest BCUT2D eigenvalue weighted by molar-refractivity contribution is 1.37. The highest BCUT2D eigenvalue weighted by Gasteiger charge is 1.93. The quantitative estimate of drug-likeness (QED) is 0.584. The Bertz CT molecular complexity index is 218. The van der Waals surface area contributed by atoms with Crippen molar-refractivity contribution in [2.45, 2.75) is 0 Å². The van der Waals surface area contributed by atoms with Gasteiger partial charge in [-0.15, -0.1) is 6.17 Å². The summed E-state index contributed by atoms with van der Waals surface area (Å²) in [5.41, 5.74) is 5.49. The molecule has 0 fully saturated rings. The van der Waals surface area contributed by atoms with Crippen LogP contribution >= 0.6 is 0 Å². The smallest absolute Gasteiger partial charge is 0.0528 e. The van der Waals surface area contributed by atoms with Crippen LogP contribution in [0.1, 0.15) is 0 Å². The number of benzene rings is 1. The van der Waals surface area contributed by atoms with E-state index in [2.05, 4.69) is 18.3 Å². The highest BCUT2D eigenvalue weighted by Crippen LogP contribution is 1.80. The second kappa shape index (κ2) is 3.44. The second-order valence-corrected chi connectivity index (χ2v) is 4.37. The molecule has 0 amide bonds. The first kappa shape index (κ1) is 7.37. The van der Waals surface area contributed by atoms with Crippen molar-refractivity contribution in [3.63, 3.8) is 0 Å². The molecule has 0 unspecified atom stereocenters. The highest BCUT2D eigenvalue weighted by molar-refractivity contribution is 6.75. The molecule has 1 aromatic rings. The monoisotopic (exact) mass is 149 g/mol. The first-order valence-electron chi connectivity index (χ1n) is 3.28. The van der Waals surface area contributed by atoms with Crippen molar-refractivity contribution >= 4 is 19.8 Å². The molecule has 10 heavy (non-hydrogen) atoms. The Morgan fingerprint density at radius 3 is 2.40 bits per heavy atom. The van der Waals surface area contributed by atoms with Gasteiger partial charge in [-0.05, 0) is 5.19 Å². The van der Waals surface area contributed by atoms with Gasteiger partial charge in [-0.1, -0.05) is 30.3 Å². The zero-order chi connectivity index (χ0) is 7.40. The first-order chi connectivity index (χ1) is 4.84. The van der Waals surface area contributed by atoms with Crippen LogP contribution < -0.4 is 10.9 Å². The van der Waals surface area contributed by atoms with Gasteiger partial charge in [0.25, 0.3) is 0 Å².